The van der Waals surface area contributed by atoms with Gasteiger partial charge in [-0.25, -0.2) is 4.98 Å². The van der Waals surface area contributed by atoms with Gasteiger partial charge in [-0.15, -0.1) is 0 Å². The zero-order chi connectivity index (χ0) is 14.4. The van der Waals surface area contributed by atoms with Crippen LogP contribution in [0.4, 0.5) is 5.82 Å². The summed E-state index contributed by atoms with van der Waals surface area (Å²) in [6.07, 6.45) is 3.64. The first-order valence-electron chi connectivity index (χ1n) is 7.34. The van der Waals surface area contributed by atoms with Crippen LogP contribution < -0.4 is 16.0 Å². The average Bonchev–Trinajstić information content (AvgIpc) is 2.73. The highest BCUT2D eigenvalue weighted by molar-refractivity contribution is 5.80. The van der Waals surface area contributed by atoms with Crippen LogP contribution in [0.25, 0.3) is 5.65 Å². The van der Waals surface area contributed by atoms with Gasteiger partial charge in [0.15, 0.2) is 5.65 Å². The molecule has 2 aliphatic rings. The molecular weight excluding hydrogens is 268 g/mol. The number of primary amides is 1. The summed E-state index contributed by atoms with van der Waals surface area (Å²) in [4.78, 5) is 18.2. The van der Waals surface area contributed by atoms with Crippen molar-refractivity contribution in [3.05, 3.63) is 23.5 Å². The van der Waals surface area contributed by atoms with E-state index in [1.807, 2.05) is 10.6 Å². The maximum atomic E-state index is 11.3. The van der Waals surface area contributed by atoms with E-state index in [1.54, 1.807) is 6.20 Å². The highest BCUT2D eigenvalue weighted by atomic mass is 16.1. The van der Waals surface area contributed by atoms with Crippen molar-refractivity contribution < 1.29 is 4.79 Å². The Morgan fingerprint density at radius 2 is 2.14 bits per heavy atom. The minimum absolute atomic E-state index is 0.0525. The zero-order valence-electron chi connectivity index (χ0n) is 11.7. The SMILES string of the molecule is NC(=O)C1CN(c2c3c(nc4ccnn24)CCNCC3)C1. The molecule has 1 saturated heterocycles. The molecular formula is C14H18N6O. The molecule has 3 N–H and O–H groups in total. The van der Waals surface area contributed by atoms with Gasteiger partial charge in [0.2, 0.25) is 5.91 Å². The Hall–Kier alpha value is -2.15. The van der Waals surface area contributed by atoms with Crippen LogP contribution in [0.3, 0.4) is 0 Å². The lowest BCUT2D eigenvalue weighted by molar-refractivity contribution is -0.122. The van der Waals surface area contributed by atoms with E-state index in [-0.39, 0.29) is 11.8 Å². The summed E-state index contributed by atoms with van der Waals surface area (Å²) in [5, 5.41) is 7.81. The smallest absolute Gasteiger partial charge is 0.224 e. The fourth-order valence-electron chi connectivity index (χ4n) is 3.17. The maximum Gasteiger partial charge on any atom is 0.224 e. The van der Waals surface area contributed by atoms with Crippen LogP contribution in [0.15, 0.2) is 12.3 Å². The number of carbonyl (C=O) groups excluding carboxylic acids is 1. The third kappa shape index (κ3) is 1.96. The molecule has 0 saturated carbocycles. The van der Waals surface area contributed by atoms with E-state index in [9.17, 15) is 4.79 Å². The molecule has 0 atom stereocenters. The molecule has 2 aromatic heterocycles. The third-order valence-electron chi connectivity index (χ3n) is 4.36. The van der Waals surface area contributed by atoms with Crippen molar-refractivity contribution in [1.82, 2.24) is 19.9 Å². The summed E-state index contributed by atoms with van der Waals surface area (Å²) in [5.74, 6) is 0.814. The molecule has 7 nitrogen and oxygen atoms in total. The molecule has 0 spiro atoms. The molecule has 0 aliphatic carbocycles. The molecule has 7 heteroatoms. The van der Waals surface area contributed by atoms with Crippen molar-refractivity contribution in [2.24, 2.45) is 11.7 Å². The Balaban J connectivity index is 1.80. The minimum atomic E-state index is -0.218. The first-order valence-corrected chi connectivity index (χ1v) is 7.34. The van der Waals surface area contributed by atoms with Gasteiger partial charge in [0.05, 0.1) is 17.8 Å². The summed E-state index contributed by atoms with van der Waals surface area (Å²) >= 11 is 0. The van der Waals surface area contributed by atoms with Crippen molar-refractivity contribution in [3.63, 3.8) is 0 Å². The number of nitrogens with two attached hydrogens (primary N) is 1. The monoisotopic (exact) mass is 286 g/mol. The molecule has 1 amide bonds. The quantitative estimate of drug-likeness (QED) is 0.765. The predicted molar refractivity (Wildman–Crippen MR) is 78.2 cm³/mol. The van der Waals surface area contributed by atoms with Crippen LogP contribution in [-0.2, 0) is 17.6 Å². The molecule has 2 aliphatic heterocycles. The lowest BCUT2D eigenvalue weighted by atomic mass is 9.98. The van der Waals surface area contributed by atoms with Crippen molar-refractivity contribution in [3.8, 4) is 0 Å². The standard InChI is InChI=1S/C14H18N6O/c15-13(21)9-7-19(8-9)14-10-1-4-16-5-2-11(10)18-12-3-6-17-20(12)14/h3,6,9,16H,1-2,4-5,7-8H2,(H2,15,21). The summed E-state index contributed by atoms with van der Waals surface area (Å²) in [6, 6.07) is 1.92. The molecule has 0 bridgehead atoms. The fraction of sp³-hybridized carbons (Fsp3) is 0.500. The van der Waals surface area contributed by atoms with Gasteiger partial charge in [-0.1, -0.05) is 0 Å². The number of anilines is 1. The van der Waals surface area contributed by atoms with E-state index >= 15 is 0 Å². The zero-order valence-corrected chi connectivity index (χ0v) is 11.7. The molecule has 4 heterocycles. The van der Waals surface area contributed by atoms with Crippen LogP contribution in [-0.4, -0.2) is 46.7 Å². The molecule has 0 radical (unpaired) electrons. The number of rotatable bonds is 2. The second-order valence-electron chi connectivity index (χ2n) is 5.72. The third-order valence-corrected chi connectivity index (χ3v) is 4.36. The number of hydrogen-bond acceptors (Lipinski definition) is 5. The summed E-state index contributed by atoms with van der Waals surface area (Å²) < 4.78 is 1.89. The van der Waals surface area contributed by atoms with E-state index < -0.39 is 0 Å². The van der Waals surface area contributed by atoms with E-state index in [1.165, 1.54) is 5.56 Å². The minimum Gasteiger partial charge on any atom is -0.369 e. The molecule has 21 heavy (non-hydrogen) atoms. The number of carbonyl (C=O) groups is 1. The molecule has 2 aromatic rings. The predicted octanol–water partition coefficient (Wildman–Crippen LogP) is -0.661. The number of aromatic nitrogens is 3. The van der Waals surface area contributed by atoms with E-state index in [4.69, 9.17) is 10.7 Å². The van der Waals surface area contributed by atoms with Gasteiger partial charge < -0.3 is 16.0 Å². The summed E-state index contributed by atoms with van der Waals surface area (Å²) in [6.45, 7) is 3.25. The lowest BCUT2D eigenvalue weighted by Gasteiger charge is -2.40. The first-order chi connectivity index (χ1) is 10.2. The Labute approximate surface area is 122 Å². The van der Waals surface area contributed by atoms with Crippen molar-refractivity contribution in [1.29, 1.82) is 0 Å². The van der Waals surface area contributed by atoms with E-state index in [0.717, 1.165) is 43.1 Å². The van der Waals surface area contributed by atoms with Crippen LogP contribution >= 0.6 is 0 Å². The maximum absolute atomic E-state index is 11.3. The Bertz CT molecular complexity index is 703. The number of nitrogens with one attached hydrogen (secondary N) is 1. The van der Waals surface area contributed by atoms with Gasteiger partial charge in [-0.2, -0.15) is 9.61 Å². The van der Waals surface area contributed by atoms with Gasteiger partial charge in [-0.05, 0) is 13.0 Å². The molecule has 1 fully saturated rings. The van der Waals surface area contributed by atoms with Gasteiger partial charge in [-0.3, -0.25) is 4.79 Å². The van der Waals surface area contributed by atoms with Gasteiger partial charge in [0.1, 0.15) is 5.82 Å². The fourth-order valence-corrected chi connectivity index (χ4v) is 3.17. The van der Waals surface area contributed by atoms with Crippen LogP contribution in [0.1, 0.15) is 11.3 Å². The lowest BCUT2D eigenvalue weighted by Crippen LogP contribution is -2.53. The Morgan fingerprint density at radius 1 is 1.33 bits per heavy atom. The summed E-state index contributed by atoms with van der Waals surface area (Å²) in [7, 11) is 0. The number of amides is 1. The van der Waals surface area contributed by atoms with Crippen LogP contribution in [0, 0.1) is 5.92 Å². The topological polar surface area (TPSA) is 88.6 Å². The van der Waals surface area contributed by atoms with E-state index in [2.05, 4.69) is 15.3 Å². The molecule has 0 aromatic carbocycles. The van der Waals surface area contributed by atoms with Crippen molar-refractivity contribution >= 4 is 17.4 Å². The van der Waals surface area contributed by atoms with Crippen molar-refractivity contribution in [2.45, 2.75) is 12.8 Å². The molecule has 110 valence electrons. The van der Waals surface area contributed by atoms with Gasteiger partial charge in [0, 0.05) is 37.7 Å². The average molecular weight is 286 g/mol. The molecule has 0 unspecified atom stereocenters. The first kappa shape index (κ1) is 12.6. The van der Waals surface area contributed by atoms with Crippen LogP contribution in [0.2, 0.25) is 0 Å². The second-order valence-corrected chi connectivity index (χ2v) is 5.72. The largest absolute Gasteiger partial charge is 0.369 e. The highest BCUT2D eigenvalue weighted by Gasteiger charge is 2.34. The van der Waals surface area contributed by atoms with Crippen molar-refractivity contribution in [2.75, 3.05) is 31.1 Å². The van der Waals surface area contributed by atoms with E-state index in [0.29, 0.717) is 13.1 Å². The second kappa shape index (κ2) is 4.70. The molecule has 4 rings (SSSR count). The highest BCUT2D eigenvalue weighted by Crippen LogP contribution is 2.31. The number of nitrogens with zero attached hydrogens (tertiary/aromatic N) is 4. The Morgan fingerprint density at radius 3 is 2.95 bits per heavy atom. The Kier molecular flexibility index (Phi) is 2.81. The van der Waals surface area contributed by atoms with Gasteiger partial charge >= 0.3 is 0 Å². The number of hydrogen-bond donors (Lipinski definition) is 2. The van der Waals surface area contributed by atoms with Crippen LogP contribution in [0.5, 0.6) is 0 Å². The van der Waals surface area contributed by atoms with Gasteiger partial charge in [0.25, 0.3) is 0 Å². The number of fused-ring (bicyclic) bond motifs is 2. The summed E-state index contributed by atoms with van der Waals surface area (Å²) in [5.41, 5.74) is 8.64. The normalized spacial score (nSPS) is 19.1.